The van der Waals surface area contributed by atoms with Gasteiger partial charge in [-0.2, -0.15) is 0 Å². The number of morpholine rings is 2. The first-order valence-electron chi connectivity index (χ1n) is 10.3. The topological polar surface area (TPSA) is 42.5 Å². The molecule has 4 heteroatoms. The smallest absolute Gasteiger partial charge is 0.0950 e. The third kappa shape index (κ3) is 6.14. The minimum atomic E-state index is 0.228. The Morgan fingerprint density at radius 1 is 0.714 bits per heavy atom. The van der Waals surface area contributed by atoms with Crippen LogP contribution >= 0.6 is 0 Å². The van der Waals surface area contributed by atoms with E-state index in [0.29, 0.717) is 12.1 Å². The number of benzene rings is 2. The number of hydrogen-bond donors (Lipinski definition) is 2. The Balaban J connectivity index is 0.000000161. The summed E-state index contributed by atoms with van der Waals surface area (Å²) in [6, 6.07) is 18.0. The van der Waals surface area contributed by atoms with Crippen LogP contribution in [0.4, 0.5) is 0 Å². The average Bonchev–Trinajstić information content (AvgIpc) is 2.70. The summed E-state index contributed by atoms with van der Waals surface area (Å²) in [5.41, 5.74) is 5.16. The second-order valence-corrected chi connectivity index (χ2v) is 8.09. The molecule has 2 heterocycles. The lowest BCUT2D eigenvalue weighted by Crippen LogP contribution is -2.40. The molecule has 4 atom stereocenters. The molecule has 2 N–H and O–H groups in total. The second kappa shape index (κ2) is 10.2. The maximum Gasteiger partial charge on any atom is 0.0950 e. The van der Waals surface area contributed by atoms with Crippen molar-refractivity contribution in [1.29, 1.82) is 0 Å². The maximum absolute atomic E-state index is 5.77. The van der Waals surface area contributed by atoms with E-state index in [1.807, 2.05) is 0 Å². The highest BCUT2D eigenvalue weighted by molar-refractivity contribution is 5.25. The van der Waals surface area contributed by atoms with Crippen LogP contribution < -0.4 is 10.6 Å². The van der Waals surface area contributed by atoms with Gasteiger partial charge in [-0.1, -0.05) is 59.7 Å². The van der Waals surface area contributed by atoms with Crippen LogP contribution in [0.2, 0.25) is 0 Å². The highest BCUT2D eigenvalue weighted by atomic mass is 16.5. The Kier molecular flexibility index (Phi) is 7.63. The summed E-state index contributed by atoms with van der Waals surface area (Å²) in [6.45, 7) is 12.0. The standard InChI is InChI=1S/2C12H17NO/c2*1-9-4-3-5-11(6-9)12-7-13-10(2)8-14-12/h2*3-6,10,12-13H,7-8H2,1-2H3/t2*10-,12?/m11/s1. The van der Waals surface area contributed by atoms with Crippen LogP contribution in [0.25, 0.3) is 0 Å². The van der Waals surface area contributed by atoms with Gasteiger partial charge in [0.05, 0.1) is 25.4 Å². The number of ether oxygens (including phenoxy) is 2. The number of rotatable bonds is 2. The summed E-state index contributed by atoms with van der Waals surface area (Å²) in [6.07, 6.45) is 0.456. The van der Waals surface area contributed by atoms with Crippen molar-refractivity contribution in [3.63, 3.8) is 0 Å². The molecule has 0 radical (unpaired) electrons. The van der Waals surface area contributed by atoms with Crippen molar-refractivity contribution in [2.45, 2.75) is 52.0 Å². The third-order valence-electron chi connectivity index (χ3n) is 5.23. The van der Waals surface area contributed by atoms with Crippen LogP contribution in [-0.4, -0.2) is 38.4 Å². The van der Waals surface area contributed by atoms with E-state index in [1.165, 1.54) is 22.3 Å². The molecule has 2 aromatic rings. The summed E-state index contributed by atoms with van der Waals surface area (Å²) in [7, 11) is 0. The van der Waals surface area contributed by atoms with Gasteiger partial charge in [0.25, 0.3) is 0 Å². The van der Waals surface area contributed by atoms with Crippen molar-refractivity contribution in [3.05, 3.63) is 70.8 Å². The minimum Gasteiger partial charge on any atom is -0.371 e. The van der Waals surface area contributed by atoms with Crippen LogP contribution in [-0.2, 0) is 9.47 Å². The Morgan fingerprint density at radius 3 is 1.46 bits per heavy atom. The number of hydrogen-bond acceptors (Lipinski definition) is 4. The predicted molar refractivity (Wildman–Crippen MR) is 115 cm³/mol. The van der Waals surface area contributed by atoms with Crippen molar-refractivity contribution < 1.29 is 9.47 Å². The van der Waals surface area contributed by atoms with Crippen molar-refractivity contribution in [2.75, 3.05) is 26.3 Å². The van der Waals surface area contributed by atoms with Crippen LogP contribution in [0.5, 0.6) is 0 Å². The summed E-state index contributed by atoms with van der Waals surface area (Å²) in [5.74, 6) is 0. The normalized spacial score (nSPS) is 27.6. The maximum atomic E-state index is 5.77. The average molecular weight is 383 g/mol. The molecule has 0 saturated carbocycles. The molecule has 4 rings (SSSR count). The second-order valence-electron chi connectivity index (χ2n) is 8.09. The van der Waals surface area contributed by atoms with Gasteiger partial charge in [0.15, 0.2) is 0 Å². The fourth-order valence-corrected chi connectivity index (χ4v) is 3.54. The summed E-state index contributed by atoms with van der Waals surface area (Å²) in [4.78, 5) is 0. The zero-order chi connectivity index (χ0) is 19.9. The molecule has 2 aromatic carbocycles. The molecule has 0 bridgehead atoms. The van der Waals surface area contributed by atoms with E-state index in [-0.39, 0.29) is 12.2 Å². The van der Waals surface area contributed by atoms with Crippen LogP contribution in [0.1, 0.15) is 48.3 Å². The quantitative estimate of drug-likeness (QED) is 0.821. The van der Waals surface area contributed by atoms with Crippen molar-refractivity contribution >= 4 is 0 Å². The molecule has 4 nitrogen and oxygen atoms in total. The van der Waals surface area contributed by atoms with Gasteiger partial charge in [-0.3, -0.25) is 0 Å². The molecule has 0 amide bonds. The molecule has 0 aliphatic carbocycles. The van der Waals surface area contributed by atoms with E-state index in [2.05, 4.69) is 86.9 Å². The third-order valence-corrected chi connectivity index (χ3v) is 5.23. The first-order chi connectivity index (χ1) is 13.5. The Labute approximate surface area is 169 Å². The first-order valence-corrected chi connectivity index (χ1v) is 10.3. The van der Waals surface area contributed by atoms with Gasteiger partial charge < -0.3 is 20.1 Å². The largest absolute Gasteiger partial charge is 0.371 e. The summed E-state index contributed by atoms with van der Waals surface area (Å²) < 4.78 is 11.5. The fraction of sp³-hybridized carbons (Fsp3) is 0.500. The molecule has 152 valence electrons. The number of nitrogens with one attached hydrogen (secondary N) is 2. The van der Waals surface area contributed by atoms with Crippen LogP contribution in [0.15, 0.2) is 48.5 Å². The molecular formula is C24H34N2O2. The summed E-state index contributed by atoms with van der Waals surface area (Å²) in [5, 5.41) is 6.85. The van der Waals surface area contributed by atoms with Gasteiger partial charge in [0.1, 0.15) is 0 Å². The van der Waals surface area contributed by atoms with Crippen molar-refractivity contribution in [3.8, 4) is 0 Å². The van der Waals surface area contributed by atoms with Gasteiger partial charge in [-0.15, -0.1) is 0 Å². The van der Waals surface area contributed by atoms with E-state index in [0.717, 1.165) is 26.3 Å². The highest BCUT2D eigenvalue weighted by Gasteiger charge is 2.20. The molecule has 2 aliphatic rings. The molecule has 2 saturated heterocycles. The van der Waals surface area contributed by atoms with Crippen LogP contribution in [0, 0.1) is 13.8 Å². The van der Waals surface area contributed by atoms with Gasteiger partial charge >= 0.3 is 0 Å². The van der Waals surface area contributed by atoms with E-state index < -0.39 is 0 Å². The van der Waals surface area contributed by atoms with Gasteiger partial charge in [-0.05, 0) is 38.8 Å². The number of aryl methyl sites for hydroxylation is 2. The molecule has 2 fully saturated rings. The zero-order valence-electron chi connectivity index (χ0n) is 17.6. The lowest BCUT2D eigenvalue weighted by Gasteiger charge is -2.28. The Bertz CT molecular complexity index is 669. The van der Waals surface area contributed by atoms with E-state index >= 15 is 0 Å². The lowest BCUT2D eigenvalue weighted by molar-refractivity contribution is 0.00689. The first kappa shape index (κ1) is 21.0. The highest BCUT2D eigenvalue weighted by Crippen LogP contribution is 2.21. The fourth-order valence-electron chi connectivity index (χ4n) is 3.54. The minimum absolute atomic E-state index is 0.228. The zero-order valence-corrected chi connectivity index (χ0v) is 17.6. The lowest BCUT2D eigenvalue weighted by atomic mass is 10.1. The van der Waals surface area contributed by atoms with Gasteiger partial charge in [0.2, 0.25) is 0 Å². The monoisotopic (exact) mass is 382 g/mol. The predicted octanol–water partition coefficient (Wildman–Crippen LogP) is 4.09. The van der Waals surface area contributed by atoms with Crippen LogP contribution in [0.3, 0.4) is 0 Å². The Hall–Kier alpha value is -1.72. The van der Waals surface area contributed by atoms with Crippen molar-refractivity contribution in [1.82, 2.24) is 10.6 Å². The molecule has 28 heavy (non-hydrogen) atoms. The molecule has 0 spiro atoms. The van der Waals surface area contributed by atoms with E-state index in [9.17, 15) is 0 Å². The molecule has 2 unspecified atom stereocenters. The van der Waals surface area contributed by atoms with E-state index in [1.54, 1.807) is 0 Å². The summed E-state index contributed by atoms with van der Waals surface area (Å²) >= 11 is 0. The van der Waals surface area contributed by atoms with Gasteiger partial charge in [-0.25, -0.2) is 0 Å². The SMILES string of the molecule is Cc1cccc(C2CN[C@H](C)CO2)c1.Cc1cccc(C2CN[C@H](C)CO2)c1. The van der Waals surface area contributed by atoms with Crippen molar-refractivity contribution in [2.24, 2.45) is 0 Å². The Morgan fingerprint density at radius 2 is 1.14 bits per heavy atom. The molecular weight excluding hydrogens is 348 g/mol. The van der Waals surface area contributed by atoms with Gasteiger partial charge in [0, 0.05) is 25.2 Å². The molecule has 2 aliphatic heterocycles. The van der Waals surface area contributed by atoms with E-state index in [4.69, 9.17) is 9.47 Å². The molecule has 0 aromatic heterocycles.